The summed E-state index contributed by atoms with van der Waals surface area (Å²) in [4.78, 5) is 11.9. The molecule has 1 fully saturated rings. The molecule has 172 valence electrons. The molecule has 0 atom stereocenters. The molecule has 2 heterocycles. The average Bonchev–Trinajstić information content (AvgIpc) is 2.77. The van der Waals surface area contributed by atoms with Gasteiger partial charge >= 0.3 is 0 Å². The minimum absolute atomic E-state index is 0.555. The van der Waals surface area contributed by atoms with Crippen LogP contribution in [0.1, 0.15) is 44.6 Å². The van der Waals surface area contributed by atoms with Crippen LogP contribution in [0.2, 0.25) is 0 Å². The van der Waals surface area contributed by atoms with Gasteiger partial charge in [0.2, 0.25) is 0 Å². The third kappa shape index (κ3) is 6.14. The fourth-order valence-corrected chi connectivity index (χ4v) is 4.31. The topological polar surface area (TPSA) is 86.1 Å². The Kier molecular flexibility index (Phi) is 8.60. The maximum atomic E-state index is 6.59. The molecule has 2 aliphatic heterocycles. The Morgan fingerprint density at radius 1 is 1.10 bits per heavy atom. The van der Waals surface area contributed by atoms with Crippen molar-refractivity contribution < 1.29 is 0 Å². The first-order valence-corrected chi connectivity index (χ1v) is 11.8. The van der Waals surface area contributed by atoms with Crippen molar-refractivity contribution in [3.8, 4) is 0 Å². The van der Waals surface area contributed by atoms with Crippen molar-refractivity contribution in [3.63, 3.8) is 0 Å². The first-order valence-electron chi connectivity index (χ1n) is 11.8. The Hall–Kier alpha value is -2.25. The van der Waals surface area contributed by atoms with E-state index < -0.39 is 0 Å². The normalized spacial score (nSPS) is 17.5. The number of anilines is 2. The molecule has 0 spiro atoms. The summed E-state index contributed by atoms with van der Waals surface area (Å²) in [5, 5.41) is 3.43. The second kappa shape index (κ2) is 11.4. The molecule has 0 aliphatic carbocycles. The van der Waals surface area contributed by atoms with Crippen LogP contribution in [0.4, 0.5) is 11.4 Å². The van der Waals surface area contributed by atoms with E-state index in [2.05, 4.69) is 53.2 Å². The molecule has 5 N–H and O–H groups in total. The van der Waals surface area contributed by atoms with Crippen molar-refractivity contribution in [1.82, 2.24) is 15.1 Å². The number of nitrogen functional groups attached to an aromatic ring is 1. The molecule has 3 rings (SSSR count). The molecule has 0 bridgehead atoms. The van der Waals surface area contributed by atoms with Crippen molar-refractivity contribution >= 4 is 22.9 Å². The lowest BCUT2D eigenvalue weighted by molar-refractivity contribution is 0.383. The van der Waals surface area contributed by atoms with Crippen molar-refractivity contribution in [2.45, 2.75) is 39.0 Å². The fraction of sp³-hybridized carbons (Fsp3) is 0.625. The maximum Gasteiger partial charge on any atom is 0.104 e. The summed E-state index contributed by atoms with van der Waals surface area (Å²) in [6.07, 6.45) is 5.52. The average molecular weight is 428 g/mol. The number of nitrogens with one attached hydrogen (secondary N) is 1. The molecule has 0 radical (unpaired) electrons. The Morgan fingerprint density at radius 2 is 1.87 bits per heavy atom. The number of benzene rings is 1. The Bertz CT molecular complexity index is 778. The van der Waals surface area contributed by atoms with Crippen LogP contribution in [0.25, 0.3) is 5.70 Å². The second-order valence-electron chi connectivity index (χ2n) is 8.88. The minimum Gasteiger partial charge on any atom is -0.399 e. The molecule has 0 unspecified atom stereocenters. The maximum absolute atomic E-state index is 6.59. The van der Waals surface area contributed by atoms with Gasteiger partial charge in [0.05, 0.1) is 17.9 Å². The molecule has 7 nitrogen and oxygen atoms in total. The van der Waals surface area contributed by atoms with Crippen molar-refractivity contribution in [1.29, 1.82) is 0 Å². The standard InChI is InChI=1S/C24H41N7/c1-4-5-8-23-28-18-22(26)24(31(23)14-7-6-13-29(2)3)20-17-19(9-10-21(20)25)30-15-11-27-12-16-30/h9-10,17,27H,4-8,11-16,18,25-26H2,1-3H3. The second-order valence-corrected chi connectivity index (χ2v) is 8.88. The highest BCUT2D eigenvalue weighted by Crippen LogP contribution is 2.33. The predicted molar refractivity (Wildman–Crippen MR) is 133 cm³/mol. The van der Waals surface area contributed by atoms with Gasteiger partial charge in [-0.2, -0.15) is 0 Å². The van der Waals surface area contributed by atoms with Gasteiger partial charge in [-0.3, -0.25) is 4.99 Å². The number of rotatable bonds is 10. The van der Waals surface area contributed by atoms with Crippen LogP contribution in [0, 0.1) is 0 Å². The lowest BCUT2D eigenvalue weighted by Gasteiger charge is -2.35. The smallest absolute Gasteiger partial charge is 0.104 e. The summed E-state index contributed by atoms with van der Waals surface area (Å²) >= 11 is 0. The fourth-order valence-electron chi connectivity index (χ4n) is 4.31. The van der Waals surface area contributed by atoms with Gasteiger partial charge in [-0.25, -0.2) is 0 Å². The first kappa shape index (κ1) is 23.4. The molecule has 1 saturated heterocycles. The number of hydrogen-bond donors (Lipinski definition) is 3. The van der Waals surface area contributed by atoms with Gasteiger partial charge in [-0.15, -0.1) is 0 Å². The van der Waals surface area contributed by atoms with Gasteiger partial charge in [0, 0.05) is 56.1 Å². The van der Waals surface area contributed by atoms with E-state index in [1.165, 1.54) is 5.69 Å². The molecule has 1 aromatic carbocycles. The number of hydrogen-bond acceptors (Lipinski definition) is 7. The van der Waals surface area contributed by atoms with E-state index in [-0.39, 0.29) is 0 Å². The molecule has 0 saturated carbocycles. The van der Waals surface area contributed by atoms with Crippen LogP contribution < -0.4 is 21.7 Å². The number of aliphatic imine (C=N–C) groups is 1. The lowest BCUT2D eigenvalue weighted by Crippen LogP contribution is -2.43. The highest BCUT2D eigenvalue weighted by Gasteiger charge is 2.26. The van der Waals surface area contributed by atoms with Gasteiger partial charge in [0.15, 0.2) is 0 Å². The largest absolute Gasteiger partial charge is 0.399 e. The van der Waals surface area contributed by atoms with Gasteiger partial charge in [-0.1, -0.05) is 13.3 Å². The highest BCUT2D eigenvalue weighted by atomic mass is 15.2. The SMILES string of the molecule is CCCCC1=NCC(N)=C(c2cc(N3CCNCC3)ccc2N)N1CCCCN(C)C. The van der Waals surface area contributed by atoms with E-state index in [9.17, 15) is 0 Å². The van der Waals surface area contributed by atoms with E-state index >= 15 is 0 Å². The Balaban J connectivity index is 1.89. The van der Waals surface area contributed by atoms with Gasteiger partial charge in [0.1, 0.15) is 5.84 Å². The van der Waals surface area contributed by atoms with E-state index in [0.29, 0.717) is 6.54 Å². The van der Waals surface area contributed by atoms with Crippen LogP contribution in [-0.2, 0) is 0 Å². The molecule has 7 heteroatoms. The summed E-state index contributed by atoms with van der Waals surface area (Å²) in [6.45, 7) is 8.83. The van der Waals surface area contributed by atoms with Crippen LogP contribution in [-0.4, -0.2) is 75.5 Å². The third-order valence-electron chi connectivity index (χ3n) is 6.08. The number of piperazine rings is 1. The highest BCUT2D eigenvalue weighted by molar-refractivity contribution is 5.95. The number of nitrogens with two attached hydrogens (primary N) is 2. The van der Waals surface area contributed by atoms with Crippen LogP contribution >= 0.6 is 0 Å². The first-order chi connectivity index (χ1) is 15.0. The molecular weight excluding hydrogens is 386 g/mol. The lowest BCUT2D eigenvalue weighted by atomic mass is 10.0. The quantitative estimate of drug-likeness (QED) is 0.393. The Labute approximate surface area is 188 Å². The monoisotopic (exact) mass is 427 g/mol. The van der Waals surface area contributed by atoms with Crippen molar-refractivity contribution in [2.24, 2.45) is 10.7 Å². The zero-order valence-corrected chi connectivity index (χ0v) is 19.7. The summed E-state index contributed by atoms with van der Waals surface area (Å²) in [5.74, 6) is 1.16. The molecule has 31 heavy (non-hydrogen) atoms. The zero-order valence-electron chi connectivity index (χ0n) is 19.7. The van der Waals surface area contributed by atoms with E-state index in [4.69, 9.17) is 16.5 Å². The minimum atomic E-state index is 0.555. The summed E-state index contributed by atoms with van der Waals surface area (Å²) < 4.78 is 0. The van der Waals surface area contributed by atoms with E-state index in [1.54, 1.807) is 0 Å². The van der Waals surface area contributed by atoms with Crippen LogP contribution in [0.5, 0.6) is 0 Å². The number of unbranched alkanes of at least 4 members (excludes halogenated alkanes) is 2. The molecular formula is C24H41N7. The number of nitrogens with zero attached hydrogens (tertiary/aromatic N) is 4. The number of amidine groups is 1. The van der Waals surface area contributed by atoms with Crippen LogP contribution in [0.3, 0.4) is 0 Å². The predicted octanol–water partition coefficient (Wildman–Crippen LogP) is 2.55. The molecule has 0 aromatic heterocycles. The van der Waals surface area contributed by atoms with Gasteiger partial charge < -0.3 is 31.5 Å². The van der Waals surface area contributed by atoms with Gasteiger partial charge in [-0.05, 0) is 58.1 Å². The van der Waals surface area contributed by atoms with E-state index in [0.717, 1.165) is 99.9 Å². The summed E-state index contributed by atoms with van der Waals surface area (Å²) in [5.41, 5.74) is 18.0. The Morgan fingerprint density at radius 3 is 2.58 bits per heavy atom. The van der Waals surface area contributed by atoms with Crippen molar-refractivity contribution in [2.75, 3.05) is 70.5 Å². The summed E-state index contributed by atoms with van der Waals surface area (Å²) in [6, 6.07) is 6.41. The van der Waals surface area contributed by atoms with E-state index in [1.807, 2.05) is 6.07 Å². The van der Waals surface area contributed by atoms with Gasteiger partial charge in [0.25, 0.3) is 0 Å². The molecule has 2 aliphatic rings. The van der Waals surface area contributed by atoms with Crippen molar-refractivity contribution in [3.05, 3.63) is 29.5 Å². The van der Waals surface area contributed by atoms with Crippen LogP contribution in [0.15, 0.2) is 28.9 Å². The zero-order chi connectivity index (χ0) is 22.2. The molecule has 0 amide bonds. The third-order valence-corrected chi connectivity index (χ3v) is 6.08. The molecule has 1 aromatic rings. The summed E-state index contributed by atoms with van der Waals surface area (Å²) in [7, 11) is 4.25.